The molecule has 0 atom stereocenters. The molecule has 0 bridgehead atoms. The fourth-order valence-electron chi connectivity index (χ4n) is 2.65. The number of anilines is 1. The molecule has 5 nitrogen and oxygen atoms in total. The molecule has 1 amide bonds. The minimum absolute atomic E-state index is 0.145. The van der Waals surface area contributed by atoms with Crippen molar-refractivity contribution >= 4 is 28.3 Å². The fourth-order valence-corrected chi connectivity index (χ4v) is 2.65. The van der Waals surface area contributed by atoms with Crippen LogP contribution in [0.15, 0.2) is 42.5 Å². The smallest absolute Gasteiger partial charge is 0.272 e. The van der Waals surface area contributed by atoms with Crippen LogP contribution < -0.4 is 10.1 Å². The molecule has 0 saturated heterocycles. The Bertz CT molecular complexity index is 978. The van der Waals surface area contributed by atoms with Crippen LogP contribution in [0.4, 0.5) is 10.1 Å². The van der Waals surface area contributed by atoms with Crippen LogP contribution in [-0.2, 0) is 0 Å². The average molecular weight is 354 g/mol. The summed E-state index contributed by atoms with van der Waals surface area (Å²) in [6, 6.07) is 10.8. The number of carbonyl (C=O) groups excluding carboxylic acids is 2. The predicted octanol–water partition coefficient (Wildman–Crippen LogP) is 4.55. The number of rotatable bonds is 6. The number of nitrogens with one attached hydrogen (secondary N) is 2. The summed E-state index contributed by atoms with van der Waals surface area (Å²) < 4.78 is 18.9. The van der Waals surface area contributed by atoms with Crippen molar-refractivity contribution in [3.63, 3.8) is 0 Å². The number of hydrogen-bond acceptors (Lipinski definition) is 3. The number of halogens is 1. The van der Waals surface area contributed by atoms with Gasteiger partial charge in [0.05, 0.1) is 12.2 Å². The van der Waals surface area contributed by atoms with Crippen molar-refractivity contribution in [2.75, 3.05) is 11.9 Å². The molecule has 1 aromatic heterocycles. The van der Waals surface area contributed by atoms with Gasteiger partial charge in [0, 0.05) is 16.6 Å². The number of ether oxygens (including phenoxy) is 1. The van der Waals surface area contributed by atoms with Gasteiger partial charge in [-0.2, -0.15) is 0 Å². The van der Waals surface area contributed by atoms with Crippen LogP contribution in [0.1, 0.15) is 41.1 Å². The molecule has 134 valence electrons. The van der Waals surface area contributed by atoms with Crippen molar-refractivity contribution in [1.29, 1.82) is 0 Å². The van der Waals surface area contributed by atoms with E-state index >= 15 is 0 Å². The summed E-state index contributed by atoms with van der Waals surface area (Å²) in [4.78, 5) is 27.3. The van der Waals surface area contributed by atoms with Crippen LogP contribution >= 0.6 is 0 Å². The molecule has 0 spiro atoms. The Morgan fingerprint density at radius 3 is 2.69 bits per heavy atom. The van der Waals surface area contributed by atoms with Crippen molar-refractivity contribution in [1.82, 2.24) is 4.98 Å². The van der Waals surface area contributed by atoms with Crippen molar-refractivity contribution < 1.29 is 18.7 Å². The van der Waals surface area contributed by atoms with E-state index in [0.717, 1.165) is 6.42 Å². The number of benzene rings is 2. The molecule has 6 heteroatoms. The average Bonchev–Trinajstić information content (AvgIpc) is 3.03. The van der Waals surface area contributed by atoms with Crippen LogP contribution in [0, 0.1) is 5.82 Å². The summed E-state index contributed by atoms with van der Waals surface area (Å²) in [6.45, 7) is 3.94. The SMILES string of the molecule is CCCOc1ccc(NC(=O)c2cc3cc(F)ccc3[nH]2)cc1C(C)=O. The molecule has 0 saturated carbocycles. The number of aromatic amines is 1. The lowest BCUT2D eigenvalue weighted by Gasteiger charge is -2.11. The molecule has 0 aliphatic heterocycles. The van der Waals surface area contributed by atoms with Gasteiger partial charge in [-0.1, -0.05) is 6.92 Å². The second-order valence-corrected chi connectivity index (χ2v) is 5.98. The van der Waals surface area contributed by atoms with Gasteiger partial charge in [0.2, 0.25) is 0 Å². The van der Waals surface area contributed by atoms with E-state index in [1.54, 1.807) is 30.3 Å². The number of carbonyl (C=O) groups is 2. The zero-order valence-corrected chi connectivity index (χ0v) is 14.6. The third kappa shape index (κ3) is 3.74. The number of Topliss-reactive ketones (excluding diaryl/α,β-unsaturated/α-hetero) is 1. The molecule has 2 aromatic carbocycles. The zero-order valence-electron chi connectivity index (χ0n) is 14.6. The second kappa shape index (κ2) is 7.39. The van der Waals surface area contributed by atoms with Gasteiger partial charge in [-0.05, 0) is 55.8 Å². The molecular formula is C20H19FN2O3. The van der Waals surface area contributed by atoms with Gasteiger partial charge in [-0.15, -0.1) is 0 Å². The van der Waals surface area contributed by atoms with Crippen molar-refractivity contribution in [3.05, 3.63) is 59.5 Å². The normalized spacial score (nSPS) is 10.7. The Kier molecular flexibility index (Phi) is 5.02. The zero-order chi connectivity index (χ0) is 18.7. The molecule has 0 radical (unpaired) electrons. The summed E-state index contributed by atoms with van der Waals surface area (Å²) in [5.74, 6) is -0.387. The molecule has 2 N–H and O–H groups in total. The molecule has 26 heavy (non-hydrogen) atoms. The molecular weight excluding hydrogens is 335 g/mol. The van der Waals surface area contributed by atoms with Crippen molar-refractivity contribution in [2.45, 2.75) is 20.3 Å². The van der Waals surface area contributed by atoms with Crippen molar-refractivity contribution in [3.8, 4) is 5.75 Å². The molecule has 3 aromatic rings. The predicted molar refractivity (Wildman–Crippen MR) is 98.4 cm³/mol. The van der Waals surface area contributed by atoms with Crippen molar-refractivity contribution in [2.24, 2.45) is 0 Å². The van der Waals surface area contributed by atoms with Gasteiger partial charge < -0.3 is 15.0 Å². The molecule has 0 aliphatic carbocycles. The van der Waals surface area contributed by atoms with E-state index in [0.29, 0.717) is 40.2 Å². The maximum absolute atomic E-state index is 13.3. The lowest BCUT2D eigenvalue weighted by atomic mass is 10.1. The Balaban J connectivity index is 1.83. The first-order chi connectivity index (χ1) is 12.5. The van der Waals surface area contributed by atoms with Crippen LogP contribution in [0.25, 0.3) is 10.9 Å². The molecule has 0 aliphatic rings. The molecule has 0 unspecified atom stereocenters. The number of amides is 1. The summed E-state index contributed by atoms with van der Waals surface area (Å²) in [5, 5.41) is 3.35. The molecule has 0 fully saturated rings. The minimum Gasteiger partial charge on any atom is -0.493 e. The van der Waals surface area contributed by atoms with E-state index in [1.807, 2.05) is 6.92 Å². The fraction of sp³-hybridized carbons (Fsp3) is 0.200. The summed E-state index contributed by atoms with van der Waals surface area (Å²) in [7, 11) is 0. The summed E-state index contributed by atoms with van der Waals surface area (Å²) in [5.41, 5.74) is 1.87. The van der Waals surface area contributed by atoms with Gasteiger partial charge in [-0.25, -0.2) is 4.39 Å². The standard InChI is InChI=1S/C20H19FN2O3/c1-3-8-26-19-7-5-15(11-16(19)12(2)24)22-20(25)18-10-13-9-14(21)4-6-17(13)23-18/h4-7,9-11,23H,3,8H2,1-2H3,(H,22,25). The monoisotopic (exact) mass is 354 g/mol. The number of H-pyrrole nitrogens is 1. The largest absolute Gasteiger partial charge is 0.493 e. The minimum atomic E-state index is -0.377. The van der Waals surface area contributed by atoms with Gasteiger partial charge in [0.1, 0.15) is 17.3 Å². The van der Waals surface area contributed by atoms with Crippen LogP contribution in [0.3, 0.4) is 0 Å². The topological polar surface area (TPSA) is 71.2 Å². The third-order valence-electron chi connectivity index (χ3n) is 3.91. The van der Waals surface area contributed by atoms with Gasteiger partial charge in [-0.3, -0.25) is 9.59 Å². The number of hydrogen-bond donors (Lipinski definition) is 2. The van der Waals surface area contributed by atoms with E-state index in [4.69, 9.17) is 4.74 Å². The first kappa shape index (κ1) is 17.7. The van der Waals surface area contributed by atoms with E-state index in [9.17, 15) is 14.0 Å². The van der Waals surface area contributed by atoms with E-state index in [1.165, 1.54) is 19.1 Å². The second-order valence-electron chi connectivity index (χ2n) is 5.98. The number of aromatic nitrogens is 1. The van der Waals surface area contributed by atoms with Crippen LogP contribution in [-0.4, -0.2) is 23.3 Å². The van der Waals surface area contributed by atoms with E-state index in [2.05, 4.69) is 10.3 Å². The van der Waals surface area contributed by atoms with E-state index < -0.39 is 0 Å². The number of fused-ring (bicyclic) bond motifs is 1. The van der Waals surface area contributed by atoms with Crippen LogP contribution in [0.5, 0.6) is 5.75 Å². The Labute approximate surface area is 150 Å². The lowest BCUT2D eigenvalue weighted by Crippen LogP contribution is -2.13. The first-order valence-electron chi connectivity index (χ1n) is 8.35. The third-order valence-corrected chi connectivity index (χ3v) is 3.91. The van der Waals surface area contributed by atoms with Gasteiger partial charge in [0.15, 0.2) is 5.78 Å². The highest BCUT2D eigenvalue weighted by atomic mass is 19.1. The highest BCUT2D eigenvalue weighted by molar-refractivity contribution is 6.07. The highest BCUT2D eigenvalue weighted by Crippen LogP contribution is 2.24. The first-order valence-corrected chi connectivity index (χ1v) is 8.35. The quantitative estimate of drug-likeness (QED) is 0.638. The lowest BCUT2D eigenvalue weighted by molar-refractivity contribution is 0.100. The summed E-state index contributed by atoms with van der Waals surface area (Å²) >= 11 is 0. The highest BCUT2D eigenvalue weighted by Gasteiger charge is 2.14. The maximum Gasteiger partial charge on any atom is 0.272 e. The van der Waals surface area contributed by atoms with Gasteiger partial charge >= 0.3 is 0 Å². The Morgan fingerprint density at radius 1 is 1.15 bits per heavy atom. The Morgan fingerprint density at radius 2 is 1.96 bits per heavy atom. The molecule has 1 heterocycles. The summed E-state index contributed by atoms with van der Waals surface area (Å²) in [6.07, 6.45) is 0.830. The van der Waals surface area contributed by atoms with E-state index in [-0.39, 0.29) is 17.5 Å². The van der Waals surface area contributed by atoms with Gasteiger partial charge in [0.25, 0.3) is 5.91 Å². The Hall–Kier alpha value is -3.15. The van der Waals surface area contributed by atoms with Crippen LogP contribution in [0.2, 0.25) is 0 Å². The maximum atomic E-state index is 13.3. The molecule has 3 rings (SSSR count). The number of ketones is 1.